The number of nitro groups is 1. The average Bonchev–Trinajstić information content (AvgIpc) is 2.90. The summed E-state index contributed by atoms with van der Waals surface area (Å²) in [6.07, 6.45) is 0. The van der Waals surface area contributed by atoms with Crippen LogP contribution in [0.1, 0.15) is 10.4 Å². The van der Waals surface area contributed by atoms with Gasteiger partial charge in [0.05, 0.1) is 22.7 Å². The van der Waals surface area contributed by atoms with E-state index in [0.717, 1.165) is 0 Å². The molecule has 6 heteroatoms. The zero-order valence-corrected chi connectivity index (χ0v) is 11.1. The van der Waals surface area contributed by atoms with E-state index in [-0.39, 0.29) is 5.69 Å². The number of hydrogen-bond acceptors (Lipinski definition) is 5. The lowest BCUT2D eigenvalue weighted by Crippen LogP contribution is -2.16. The summed E-state index contributed by atoms with van der Waals surface area (Å²) in [5.74, 6) is 0. The van der Waals surface area contributed by atoms with Crippen molar-refractivity contribution in [2.45, 2.75) is 6.54 Å². The summed E-state index contributed by atoms with van der Waals surface area (Å²) >= 11 is 1.63. The molecule has 2 aromatic rings. The van der Waals surface area contributed by atoms with E-state index in [1.165, 1.54) is 17.0 Å². The molecule has 0 amide bonds. The van der Waals surface area contributed by atoms with Crippen molar-refractivity contribution in [2.75, 3.05) is 11.9 Å². The number of non-ortho nitro benzene ring substituents is 1. The zero-order chi connectivity index (χ0) is 13.8. The second kappa shape index (κ2) is 5.50. The minimum atomic E-state index is -0.496. The van der Waals surface area contributed by atoms with Crippen LogP contribution in [0.3, 0.4) is 0 Å². The lowest BCUT2D eigenvalue weighted by Gasteiger charge is -2.19. The van der Waals surface area contributed by atoms with Crippen molar-refractivity contribution in [1.82, 2.24) is 0 Å². The maximum Gasteiger partial charge on any atom is 0.270 e. The highest BCUT2D eigenvalue weighted by atomic mass is 32.1. The Labute approximate surface area is 114 Å². The Morgan fingerprint density at radius 3 is 2.84 bits per heavy atom. The molecule has 0 aliphatic heterocycles. The Kier molecular flexibility index (Phi) is 3.78. The van der Waals surface area contributed by atoms with Gasteiger partial charge >= 0.3 is 0 Å². The molecule has 0 aliphatic rings. The summed E-state index contributed by atoms with van der Waals surface area (Å²) in [6.45, 7) is 0.671. The van der Waals surface area contributed by atoms with Gasteiger partial charge in [-0.2, -0.15) is 5.26 Å². The van der Waals surface area contributed by atoms with E-state index in [9.17, 15) is 10.1 Å². The van der Waals surface area contributed by atoms with Crippen LogP contribution in [0.2, 0.25) is 0 Å². The van der Waals surface area contributed by atoms with Crippen LogP contribution in [0.15, 0.2) is 35.7 Å². The normalized spacial score (nSPS) is 9.89. The van der Waals surface area contributed by atoms with Gasteiger partial charge in [0.1, 0.15) is 6.07 Å². The van der Waals surface area contributed by atoms with Gasteiger partial charge in [0.2, 0.25) is 0 Å². The van der Waals surface area contributed by atoms with Gasteiger partial charge in [-0.05, 0) is 17.5 Å². The molecular weight excluding hydrogens is 262 g/mol. The summed E-state index contributed by atoms with van der Waals surface area (Å²) in [6, 6.07) is 10.3. The SMILES string of the molecule is CN(Cc1cccs1)c1ccc([N+](=O)[O-])cc1C#N. The third-order valence-corrected chi connectivity index (χ3v) is 3.56. The molecule has 0 N–H and O–H groups in total. The van der Waals surface area contributed by atoms with Crippen molar-refractivity contribution in [2.24, 2.45) is 0 Å². The summed E-state index contributed by atoms with van der Waals surface area (Å²) in [5.41, 5.74) is 0.944. The van der Waals surface area contributed by atoms with Crippen molar-refractivity contribution in [1.29, 1.82) is 5.26 Å². The van der Waals surface area contributed by atoms with E-state index in [1.54, 1.807) is 17.4 Å². The topological polar surface area (TPSA) is 70.2 Å². The molecule has 96 valence electrons. The van der Waals surface area contributed by atoms with Crippen molar-refractivity contribution in [3.8, 4) is 6.07 Å². The van der Waals surface area contributed by atoms with Gasteiger partial charge in [0, 0.05) is 24.1 Å². The lowest BCUT2D eigenvalue weighted by atomic mass is 10.1. The molecule has 5 nitrogen and oxygen atoms in total. The summed E-state index contributed by atoms with van der Waals surface area (Å²) in [5, 5.41) is 21.8. The minimum Gasteiger partial charge on any atom is -0.368 e. The number of hydrogen-bond donors (Lipinski definition) is 0. The number of nitriles is 1. The molecule has 0 radical (unpaired) electrons. The first-order chi connectivity index (χ1) is 9.11. The smallest absolute Gasteiger partial charge is 0.270 e. The first-order valence-corrected chi connectivity index (χ1v) is 6.42. The minimum absolute atomic E-state index is 0.0650. The number of thiophene rings is 1. The fourth-order valence-electron chi connectivity index (χ4n) is 1.78. The van der Waals surface area contributed by atoms with Gasteiger partial charge in [-0.15, -0.1) is 11.3 Å². The van der Waals surface area contributed by atoms with E-state index < -0.39 is 4.92 Å². The van der Waals surface area contributed by atoms with Crippen LogP contribution in [0.25, 0.3) is 0 Å². The van der Waals surface area contributed by atoms with Crippen LogP contribution < -0.4 is 4.90 Å². The molecule has 0 spiro atoms. The lowest BCUT2D eigenvalue weighted by molar-refractivity contribution is -0.384. The summed E-state index contributed by atoms with van der Waals surface area (Å²) in [7, 11) is 1.86. The molecule has 0 saturated heterocycles. The van der Waals surface area contributed by atoms with Crippen LogP contribution in [0.5, 0.6) is 0 Å². The predicted molar refractivity (Wildman–Crippen MR) is 74.2 cm³/mol. The van der Waals surface area contributed by atoms with Crippen molar-refractivity contribution < 1.29 is 4.92 Å². The van der Waals surface area contributed by atoms with Crippen LogP contribution in [-0.2, 0) is 6.54 Å². The van der Waals surface area contributed by atoms with Gasteiger partial charge in [-0.3, -0.25) is 10.1 Å². The van der Waals surface area contributed by atoms with Gasteiger partial charge in [0.25, 0.3) is 5.69 Å². The second-order valence-corrected chi connectivity index (χ2v) is 5.04. The predicted octanol–water partition coefficient (Wildman–Crippen LogP) is 3.16. The molecule has 0 bridgehead atoms. The average molecular weight is 273 g/mol. The monoisotopic (exact) mass is 273 g/mol. The molecule has 0 fully saturated rings. The van der Waals surface area contributed by atoms with Crippen molar-refractivity contribution in [3.05, 3.63) is 56.3 Å². The van der Waals surface area contributed by atoms with E-state index in [0.29, 0.717) is 17.8 Å². The number of rotatable bonds is 4. The van der Waals surface area contributed by atoms with E-state index in [2.05, 4.69) is 0 Å². The maximum absolute atomic E-state index is 10.7. The van der Waals surface area contributed by atoms with Crippen LogP contribution in [0, 0.1) is 21.4 Å². The highest BCUT2D eigenvalue weighted by Crippen LogP contribution is 2.25. The number of nitrogens with zero attached hydrogens (tertiary/aromatic N) is 3. The van der Waals surface area contributed by atoms with Crippen LogP contribution in [-0.4, -0.2) is 12.0 Å². The van der Waals surface area contributed by atoms with E-state index >= 15 is 0 Å². The van der Waals surface area contributed by atoms with Gasteiger partial charge < -0.3 is 4.90 Å². The van der Waals surface area contributed by atoms with Crippen molar-refractivity contribution >= 4 is 22.7 Å². The highest BCUT2D eigenvalue weighted by Gasteiger charge is 2.13. The van der Waals surface area contributed by atoms with Crippen LogP contribution in [0.4, 0.5) is 11.4 Å². The fraction of sp³-hybridized carbons (Fsp3) is 0.154. The summed E-state index contributed by atoms with van der Waals surface area (Å²) in [4.78, 5) is 13.3. The molecule has 19 heavy (non-hydrogen) atoms. The molecule has 0 saturated carbocycles. The highest BCUT2D eigenvalue weighted by molar-refractivity contribution is 7.09. The van der Waals surface area contributed by atoms with Gasteiger partial charge in [-0.25, -0.2) is 0 Å². The molecule has 0 atom stereocenters. The first kappa shape index (κ1) is 13.1. The Morgan fingerprint density at radius 2 is 2.26 bits per heavy atom. The Hall–Kier alpha value is -2.39. The largest absolute Gasteiger partial charge is 0.368 e. The molecule has 2 rings (SSSR count). The first-order valence-electron chi connectivity index (χ1n) is 5.54. The molecule has 1 aromatic heterocycles. The second-order valence-electron chi connectivity index (χ2n) is 4.01. The molecule has 1 aromatic carbocycles. The number of anilines is 1. The Morgan fingerprint density at radius 1 is 1.47 bits per heavy atom. The quantitative estimate of drug-likeness (QED) is 0.633. The van der Waals surface area contributed by atoms with Crippen molar-refractivity contribution in [3.63, 3.8) is 0 Å². The Bertz CT molecular complexity index is 632. The van der Waals surface area contributed by atoms with E-state index in [1.807, 2.05) is 35.5 Å². The zero-order valence-electron chi connectivity index (χ0n) is 10.2. The van der Waals surface area contributed by atoms with E-state index in [4.69, 9.17) is 5.26 Å². The fourth-order valence-corrected chi connectivity index (χ4v) is 2.54. The number of benzene rings is 1. The number of nitro benzene ring substituents is 1. The standard InChI is InChI=1S/C13H11N3O2S/c1-15(9-12-3-2-6-19-12)13-5-4-11(16(17)18)7-10(13)8-14/h2-7H,9H2,1H3. The third-order valence-electron chi connectivity index (χ3n) is 2.70. The van der Waals surface area contributed by atoms with Gasteiger partial charge in [0.15, 0.2) is 0 Å². The molecule has 1 heterocycles. The third kappa shape index (κ3) is 2.89. The van der Waals surface area contributed by atoms with Crippen LogP contribution >= 0.6 is 11.3 Å². The molecule has 0 aliphatic carbocycles. The molecule has 0 unspecified atom stereocenters. The van der Waals surface area contributed by atoms with Gasteiger partial charge in [-0.1, -0.05) is 6.07 Å². The Balaban J connectivity index is 2.29. The molecular formula is C13H11N3O2S. The summed E-state index contributed by atoms with van der Waals surface area (Å²) < 4.78 is 0. The maximum atomic E-state index is 10.7.